The van der Waals surface area contributed by atoms with Crippen molar-refractivity contribution in [1.82, 2.24) is 15.2 Å². The van der Waals surface area contributed by atoms with Crippen LogP contribution in [-0.4, -0.2) is 41.0 Å². The first kappa shape index (κ1) is 15.8. The number of hydrogen-bond acceptors (Lipinski definition) is 6. The summed E-state index contributed by atoms with van der Waals surface area (Å²) < 4.78 is 5.67. The molecule has 2 aliphatic heterocycles. The van der Waals surface area contributed by atoms with E-state index in [1.165, 1.54) is 10.6 Å². The van der Waals surface area contributed by atoms with Crippen LogP contribution in [-0.2, 0) is 11.2 Å². The second-order valence-corrected chi connectivity index (χ2v) is 8.02. The molecule has 2 aromatic rings. The largest absolute Gasteiger partial charge is 0.384 e. The van der Waals surface area contributed by atoms with Gasteiger partial charge in [-0.3, -0.25) is 5.10 Å². The van der Waals surface area contributed by atoms with Gasteiger partial charge in [0.2, 0.25) is 0 Å². The van der Waals surface area contributed by atoms with Crippen LogP contribution in [0.1, 0.15) is 36.4 Å². The minimum absolute atomic E-state index is 0.0101. The Bertz CT molecular complexity index is 725. The maximum atomic E-state index is 6.09. The average molecular weight is 345 g/mol. The Morgan fingerprint density at radius 1 is 1.42 bits per heavy atom. The van der Waals surface area contributed by atoms with Crippen LogP contribution in [0.3, 0.4) is 0 Å². The molecule has 1 fully saturated rings. The van der Waals surface area contributed by atoms with Crippen molar-refractivity contribution < 1.29 is 4.74 Å². The number of nitrogens with one attached hydrogen (secondary N) is 1. The van der Waals surface area contributed by atoms with Gasteiger partial charge in [-0.05, 0) is 25.8 Å². The molecule has 0 aromatic carbocycles. The molecule has 0 spiro atoms. The number of aromatic amines is 1. The van der Waals surface area contributed by atoms with E-state index in [0.717, 1.165) is 43.7 Å². The molecule has 0 bridgehead atoms. The van der Waals surface area contributed by atoms with Crippen LogP contribution in [0.5, 0.6) is 0 Å². The molecule has 0 aliphatic carbocycles. The predicted octanol–water partition coefficient (Wildman–Crippen LogP) is 2.78. The zero-order valence-electron chi connectivity index (χ0n) is 14.1. The van der Waals surface area contributed by atoms with Crippen molar-refractivity contribution in [1.29, 1.82) is 0 Å². The fourth-order valence-electron chi connectivity index (χ4n) is 3.50. The third-order valence-electron chi connectivity index (χ3n) is 5.21. The molecule has 7 heteroatoms. The molecule has 2 aromatic heterocycles. The lowest BCUT2D eigenvalue weighted by molar-refractivity contribution is -0.0133. The number of methoxy groups -OCH3 is 1. The van der Waals surface area contributed by atoms with Gasteiger partial charge < -0.3 is 15.4 Å². The number of hydrogen-bond donors (Lipinski definition) is 2. The molecule has 24 heavy (non-hydrogen) atoms. The topological polar surface area (TPSA) is 80.1 Å². The molecular weight excluding hydrogens is 322 g/mol. The lowest BCUT2D eigenvalue weighted by Crippen LogP contribution is -2.43. The summed E-state index contributed by atoms with van der Waals surface area (Å²) in [5.41, 5.74) is 9.56. The molecule has 128 valence electrons. The van der Waals surface area contributed by atoms with E-state index in [4.69, 9.17) is 10.5 Å². The molecule has 4 heterocycles. The Hall–Kier alpha value is -1.73. The molecule has 0 unspecified atom stereocenters. The SMILES string of the molecule is COC1(C)CCN(c2cc(N)nc3c2S[C@@H](c2ccn[nH]2)C3)CC1. The molecule has 0 amide bonds. The van der Waals surface area contributed by atoms with Gasteiger partial charge in [0, 0.05) is 44.6 Å². The van der Waals surface area contributed by atoms with E-state index in [0.29, 0.717) is 11.1 Å². The first-order valence-corrected chi connectivity index (χ1v) is 9.21. The maximum Gasteiger partial charge on any atom is 0.125 e. The number of nitrogens with zero attached hydrogens (tertiary/aromatic N) is 3. The number of rotatable bonds is 3. The van der Waals surface area contributed by atoms with Gasteiger partial charge in [0.25, 0.3) is 0 Å². The smallest absolute Gasteiger partial charge is 0.125 e. The molecule has 0 radical (unpaired) electrons. The summed E-state index contributed by atoms with van der Waals surface area (Å²) in [7, 11) is 1.81. The summed E-state index contributed by atoms with van der Waals surface area (Å²) >= 11 is 1.87. The minimum Gasteiger partial charge on any atom is -0.384 e. The van der Waals surface area contributed by atoms with Crippen molar-refractivity contribution in [3.63, 3.8) is 0 Å². The standard InChI is InChI=1S/C17H23N5OS/c1-17(23-2)4-7-22(8-5-17)13-10-15(18)20-12-9-14(24-16(12)13)11-3-6-19-21-11/h3,6,10,14H,4-5,7-9H2,1-2H3,(H2,18,20)(H,19,21)/t14-/m1/s1. The lowest BCUT2D eigenvalue weighted by Gasteiger charge is -2.40. The predicted molar refractivity (Wildman–Crippen MR) is 96.4 cm³/mol. The zero-order chi connectivity index (χ0) is 16.7. The van der Waals surface area contributed by atoms with Crippen molar-refractivity contribution in [3.05, 3.63) is 29.7 Å². The van der Waals surface area contributed by atoms with E-state index in [-0.39, 0.29) is 5.60 Å². The average Bonchev–Trinajstić information content (AvgIpc) is 3.24. The number of fused-ring (bicyclic) bond motifs is 1. The highest BCUT2D eigenvalue weighted by molar-refractivity contribution is 8.00. The summed E-state index contributed by atoms with van der Waals surface area (Å²) in [6, 6.07) is 4.06. The van der Waals surface area contributed by atoms with Gasteiger partial charge in [-0.2, -0.15) is 5.10 Å². The minimum atomic E-state index is -0.0101. The summed E-state index contributed by atoms with van der Waals surface area (Å²) in [6.07, 6.45) is 4.74. The van der Waals surface area contributed by atoms with Gasteiger partial charge in [-0.15, -0.1) is 11.8 Å². The Kier molecular flexibility index (Phi) is 3.92. The second kappa shape index (κ2) is 5.97. The molecule has 1 saturated heterocycles. The van der Waals surface area contributed by atoms with Crippen molar-refractivity contribution in [3.8, 4) is 0 Å². The van der Waals surface area contributed by atoms with Crippen LogP contribution in [0.25, 0.3) is 0 Å². The van der Waals surface area contributed by atoms with Gasteiger partial charge >= 0.3 is 0 Å². The molecular formula is C17H23N5OS. The monoisotopic (exact) mass is 345 g/mol. The summed E-state index contributed by atoms with van der Waals surface area (Å²) in [6.45, 7) is 4.16. The van der Waals surface area contributed by atoms with Crippen LogP contribution < -0.4 is 10.6 Å². The van der Waals surface area contributed by atoms with E-state index < -0.39 is 0 Å². The lowest BCUT2D eigenvalue weighted by atomic mass is 9.93. The number of thioether (sulfide) groups is 1. The zero-order valence-corrected chi connectivity index (χ0v) is 14.9. The summed E-state index contributed by atoms with van der Waals surface area (Å²) in [5, 5.41) is 7.50. The second-order valence-electron chi connectivity index (χ2n) is 6.81. The van der Waals surface area contributed by atoms with Crippen LogP contribution in [0.4, 0.5) is 11.5 Å². The van der Waals surface area contributed by atoms with Crippen LogP contribution in [0.15, 0.2) is 23.2 Å². The van der Waals surface area contributed by atoms with Gasteiger partial charge in [0.05, 0.1) is 27.1 Å². The highest BCUT2D eigenvalue weighted by Crippen LogP contribution is 2.50. The Labute approximate surface area is 146 Å². The van der Waals surface area contributed by atoms with Gasteiger partial charge in [0.15, 0.2) is 0 Å². The van der Waals surface area contributed by atoms with Crippen molar-refractivity contribution >= 4 is 23.3 Å². The first-order chi connectivity index (χ1) is 11.6. The number of nitrogens with two attached hydrogens (primary N) is 1. The molecule has 1 atom stereocenters. The molecule has 3 N–H and O–H groups in total. The summed E-state index contributed by atoms with van der Waals surface area (Å²) in [5.74, 6) is 0.606. The van der Waals surface area contributed by atoms with Crippen LogP contribution in [0, 0.1) is 0 Å². The number of ether oxygens (including phenoxy) is 1. The first-order valence-electron chi connectivity index (χ1n) is 8.33. The van der Waals surface area contributed by atoms with Crippen molar-refractivity contribution in [2.45, 2.75) is 41.9 Å². The van der Waals surface area contributed by atoms with Crippen molar-refractivity contribution in [2.24, 2.45) is 0 Å². The number of nitrogen functional groups attached to an aromatic ring is 1. The molecule has 6 nitrogen and oxygen atoms in total. The molecule has 0 saturated carbocycles. The fraction of sp³-hybridized carbons (Fsp3) is 0.529. The Morgan fingerprint density at radius 2 is 2.21 bits per heavy atom. The Balaban J connectivity index is 1.60. The maximum absolute atomic E-state index is 6.09. The van der Waals surface area contributed by atoms with Crippen LogP contribution >= 0.6 is 11.8 Å². The van der Waals surface area contributed by atoms with Gasteiger partial charge in [-0.25, -0.2) is 4.98 Å². The number of H-pyrrole nitrogens is 1. The quantitative estimate of drug-likeness (QED) is 0.890. The number of piperidine rings is 1. The van der Waals surface area contributed by atoms with Crippen LogP contribution in [0.2, 0.25) is 0 Å². The normalized spacial score (nSPS) is 22.6. The fourth-order valence-corrected chi connectivity index (χ4v) is 4.86. The van der Waals surface area contributed by atoms with E-state index in [9.17, 15) is 0 Å². The number of anilines is 2. The third kappa shape index (κ3) is 2.75. The number of aromatic nitrogens is 3. The summed E-state index contributed by atoms with van der Waals surface area (Å²) in [4.78, 5) is 8.28. The molecule has 4 rings (SSSR count). The van der Waals surface area contributed by atoms with E-state index in [1.807, 2.05) is 31.0 Å². The van der Waals surface area contributed by atoms with E-state index in [2.05, 4.69) is 27.0 Å². The van der Waals surface area contributed by atoms with Gasteiger partial charge in [0.1, 0.15) is 5.82 Å². The third-order valence-corrected chi connectivity index (χ3v) is 6.59. The highest BCUT2D eigenvalue weighted by atomic mass is 32.2. The van der Waals surface area contributed by atoms with Gasteiger partial charge in [-0.1, -0.05) is 0 Å². The molecule has 2 aliphatic rings. The van der Waals surface area contributed by atoms with E-state index >= 15 is 0 Å². The number of pyridine rings is 1. The van der Waals surface area contributed by atoms with Crippen molar-refractivity contribution in [2.75, 3.05) is 30.8 Å². The Morgan fingerprint density at radius 3 is 2.88 bits per heavy atom. The van der Waals surface area contributed by atoms with E-state index in [1.54, 1.807) is 6.20 Å². The highest BCUT2D eigenvalue weighted by Gasteiger charge is 2.34.